The largest absolute Gasteiger partial charge is 0.481 e. The van der Waals surface area contributed by atoms with Gasteiger partial charge in [-0.05, 0) is 7.05 Å². The van der Waals surface area contributed by atoms with Crippen molar-refractivity contribution in [3.8, 4) is 0 Å². The standard InChI is InChI=1S/C10H19NO5S/c1-3-17(14,15)9-8-16-7-6-11(2)5-4-10(12)13/h3H,1,4-9H2,2H3,(H,12,13). The molecule has 0 saturated heterocycles. The molecular formula is C10H19NO5S. The quantitative estimate of drug-likeness (QED) is 0.558. The van der Waals surface area contributed by atoms with Gasteiger partial charge in [0.25, 0.3) is 0 Å². The van der Waals surface area contributed by atoms with E-state index in [4.69, 9.17) is 9.84 Å². The molecule has 0 aliphatic carbocycles. The zero-order valence-electron chi connectivity index (χ0n) is 9.96. The number of hydrogen-bond donors (Lipinski definition) is 1. The van der Waals surface area contributed by atoms with Crippen LogP contribution in [0.3, 0.4) is 0 Å². The molecule has 0 unspecified atom stereocenters. The number of sulfone groups is 1. The molecule has 7 heteroatoms. The van der Waals surface area contributed by atoms with E-state index in [-0.39, 0.29) is 18.8 Å². The third-order valence-electron chi connectivity index (χ3n) is 2.09. The molecule has 0 rings (SSSR count). The molecular weight excluding hydrogens is 246 g/mol. The van der Waals surface area contributed by atoms with E-state index in [1.54, 1.807) is 7.05 Å². The number of rotatable bonds is 10. The highest BCUT2D eigenvalue weighted by atomic mass is 32.2. The monoisotopic (exact) mass is 265 g/mol. The Morgan fingerprint density at radius 3 is 2.59 bits per heavy atom. The highest BCUT2D eigenvalue weighted by Crippen LogP contribution is 1.92. The lowest BCUT2D eigenvalue weighted by Crippen LogP contribution is -2.26. The molecule has 0 heterocycles. The first-order valence-corrected chi connectivity index (χ1v) is 6.92. The van der Waals surface area contributed by atoms with Gasteiger partial charge in [0.05, 0.1) is 25.4 Å². The number of nitrogens with zero attached hydrogens (tertiary/aromatic N) is 1. The van der Waals surface area contributed by atoms with Crippen LogP contribution in [-0.4, -0.2) is 63.5 Å². The Bertz CT molecular complexity index is 339. The molecule has 0 aromatic carbocycles. The summed E-state index contributed by atoms with van der Waals surface area (Å²) in [5.74, 6) is -0.912. The number of aliphatic carboxylic acids is 1. The Balaban J connectivity index is 3.51. The van der Waals surface area contributed by atoms with E-state index in [2.05, 4.69) is 6.58 Å². The van der Waals surface area contributed by atoms with Gasteiger partial charge in [-0.3, -0.25) is 4.79 Å². The van der Waals surface area contributed by atoms with Gasteiger partial charge in [0.1, 0.15) is 0 Å². The second-order valence-electron chi connectivity index (χ2n) is 3.59. The first-order valence-electron chi connectivity index (χ1n) is 5.20. The van der Waals surface area contributed by atoms with Crippen molar-refractivity contribution < 1.29 is 23.1 Å². The van der Waals surface area contributed by atoms with Crippen molar-refractivity contribution in [1.82, 2.24) is 4.90 Å². The van der Waals surface area contributed by atoms with Crippen molar-refractivity contribution >= 4 is 15.8 Å². The van der Waals surface area contributed by atoms with Crippen LogP contribution in [0.5, 0.6) is 0 Å². The lowest BCUT2D eigenvalue weighted by Gasteiger charge is -2.14. The van der Waals surface area contributed by atoms with Crippen LogP contribution in [0.4, 0.5) is 0 Å². The van der Waals surface area contributed by atoms with Crippen molar-refractivity contribution in [1.29, 1.82) is 0 Å². The maximum Gasteiger partial charge on any atom is 0.304 e. The summed E-state index contributed by atoms with van der Waals surface area (Å²) in [5, 5.41) is 9.37. The summed E-state index contributed by atoms with van der Waals surface area (Å²) in [5.41, 5.74) is 0. The summed E-state index contributed by atoms with van der Waals surface area (Å²) in [6, 6.07) is 0. The van der Waals surface area contributed by atoms with Gasteiger partial charge in [-0.2, -0.15) is 0 Å². The van der Waals surface area contributed by atoms with Crippen LogP contribution < -0.4 is 0 Å². The average molecular weight is 265 g/mol. The van der Waals surface area contributed by atoms with Crippen LogP contribution in [-0.2, 0) is 19.4 Å². The number of hydrogen-bond acceptors (Lipinski definition) is 5. The maximum atomic E-state index is 11.0. The van der Waals surface area contributed by atoms with Gasteiger partial charge in [0.2, 0.25) is 0 Å². The van der Waals surface area contributed by atoms with Crippen LogP contribution in [0.15, 0.2) is 12.0 Å². The van der Waals surface area contributed by atoms with Gasteiger partial charge in [-0.1, -0.05) is 6.58 Å². The Morgan fingerprint density at radius 1 is 1.41 bits per heavy atom. The van der Waals surface area contributed by atoms with Crippen LogP contribution in [0.25, 0.3) is 0 Å². The third kappa shape index (κ3) is 9.98. The Morgan fingerprint density at radius 2 is 2.06 bits per heavy atom. The number of carbonyl (C=O) groups is 1. The summed E-state index contributed by atoms with van der Waals surface area (Å²) in [4.78, 5) is 12.1. The fourth-order valence-corrected chi connectivity index (χ4v) is 1.50. The highest BCUT2D eigenvalue weighted by Gasteiger charge is 2.05. The van der Waals surface area contributed by atoms with Crippen LogP contribution in [0.1, 0.15) is 6.42 Å². The minimum atomic E-state index is -3.19. The van der Waals surface area contributed by atoms with Gasteiger partial charge >= 0.3 is 5.97 Å². The second-order valence-corrected chi connectivity index (χ2v) is 5.66. The lowest BCUT2D eigenvalue weighted by molar-refractivity contribution is -0.137. The van der Waals surface area contributed by atoms with Gasteiger partial charge < -0.3 is 14.7 Å². The normalized spacial score (nSPS) is 11.6. The average Bonchev–Trinajstić information content (AvgIpc) is 2.25. The molecule has 6 nitrogen and oxygen atoms in total. The van der Waals surface area contributed by atoms with Crippen molar-refractivity contribution in [2.45, 2.75) is 6.42 Å². The van der Waals surface area contributed by atoms with E-state index in [0.29, 0.717) is 19.7 Å². The molecule has 1 N–H and O–H groups in total. The lowest BCUT2D eigenvalue weighted by atomic mass is 10.4. The SMILES string of the molecule is C=CS(=O)(=O)CCOCCN(C)CCC(=O)O. The number of ether oxygens (including phenoxy) is 1. The number of likely N-dealkylation sites (N-methyl/N-ethyl adjacent to an activating group) is 1. The zero-order chi connectivity index (χ0) is 13.3. The molecule has 0 aliphatic heterocycles. The summed E-state index contributed by atoms with van der Waals surface area (Å²) in [6.07, 6.45) is 0.0847. The van der Waals surface area contributed by atoms with Crippen molar-refractivity contribution in [3.05, 3.63) is 12.0 Å². The smallest absolute Gasteiger partial charge is 0.304 e. The van der Waals surface area contributed by atoms with E-state index in [1.165, 1.54) is 0 Å². The fraction of sp³-hybridized carbons (Fsp3) is 0.700. The number of carboxylic acid groups (broad SMARTS) is 1. The minimum absolute atomic E-state index is 0.0741. The van der Waals surface area contributed by atoms with Gasteiger partial charge in [-0.15, -0.1) is 0 Å². The van der Waals surface area contributed by atoms with Crippen molar-refractivity contribution in [2.75, 3.05) is 39.1 Å². The Kier molecular flexibility index (Phi) is 7.77. The van der Waals surface area contributed by atoms with E-state index in [9.17, 15) is 13.2 Å². The zero-order valence-corrected chi connectivity index (χ0v) is 10.8. The molecule has 0 aromatic heterocycles. The van der Waals surface area contributed by atoms with Gasteiger partial charge in [0, 0.05) is 18.5 Å². The van der Waals surface area contributed by atoms with Crippen LogP contribution in [0.2, 0.25) is 0 Å². The van der Waals surface area contributed by atoms with Crippen molar-refractivity contribution in [3.63, 3.8) is 0 Å². The van der Waals surface area contributed by atoms with E-state index in [0.717, 1.165) is 5.41 Å². The first kappa shape index (κ1) is 16.1. The molecule has 0 atom stereocenters. The second kappa shape index (κ2) is 8.21. The Hall–Kier alpha value is -0.920. The summed E-state index contributed by atoms with van der Waals surface area (Å²) in [7, 11) is -1.41. The van der Waals surface area contributed by atoms with Gasteiger partial charge in [0.15, 0.2) is 9.84 Å². The number of carboxylic acids is 1. The molecule has 0 aliphatic rings. The Labute approximate surface area is 102 Å². The minimum Gasteiger partial charge on any atom is -0.481 e. The molecule has 0 saturated carbocycles. The van der Waals surface area contributed by atoms with E-state index in [1.807, 2.05) is 4.90 Å². The molecule has 0 fully saturated rings. The summed E-state index contributed by atoms with van der Waals surface area (Å²) in [6.45, 7) is 4.72. The van der Waals surface area contributed by atoms with Gasteiger partial charge in [-0.25, -0.2) is 8.42 Å². The summed E-state index contributed by atoms with van der Waals surface area (Å²) >= 11 is 0. The predicted octanol–water partition coefficient (Wildman–Crippen LogP) is -0.0322. The summed E-state index contributed by atoms with van der Waals surface area (Å²) < 4.78 is 27.1. The molecule has 0 bridgehead atoms. The highest BCUT2D eigenvalue weighted by molar-refractivity contribution is 7.94. The van der Waals surface area contributed by atoms with E-state index >= 15 is 0 Å². The molecule has 0 amide bonds. The molecule has 0 radical (unpaired) electrons. The first-order chi connectivity index (χ1) is 7.87. The molecule has 0 spiro atoms. The van der Waals surface area contributed by atoms with Crippen LogP contribution in [0, 0.1) is 0 Å². The van der Waals surface area contributed by atoms with E-state index < -0.39 is 15.8 Å². The third-order valence-corrected chi connectivity index (χ3v) is 3.33. The topological polar surface area (TPSA) is 83.9 Å². The maximum absolute atomic E-state index is 11.0. The molecule has 17 heavy (non-hydrogen) atoms. The van der Waals surface area contributed by atoms with Crippen molar-refractivity contribution in [2.24, 2.45) is 0 Å². The predicted molar refractivity (Wildman–Crippen MR) is 64.6 cm³/mol. The fourth-order valence-electron chi connectivity index (χ4n) is 0.979. The molecule has 0 aromatic rings. The molecule has 100 valence electrons. The van der Waals surface area contributed by atoms with Crippen LogP contribution >= 0.6 is 0 Å².